The van der Waals surface area contributed by atoms with Crippen molar-refractivity contribution < 1.29 is 23.7 Å². The van der Waals surface area contributed by atoms with Crippen LogP contribution in [0.1, 0.15) is 60.3 Å². The van der Waals surface area contributed by atoms with E-state index in [-0.39, 0.29) is 0 Å². The summed E-state index contributed by atoms with van der Waals surface area (Å²) in [6.07, 6.45) is 4.02. The first-order valence-corrected chi connectivity index (χ1v) is 17.7. The summed E-state index contributed by atoms with van der Waals surface area (Å²) in [6.45, 7) is 19.3. The molecule has 3 aromatic carbocycles. The SMILES string of the molecule is CCCCn1c(-c2ccc(Oc3cccc(OC)c3OC)cc2)nc2c(OCCCN(CC)CC)cc(OCCCN(CC)CC)cc21. The Morgan fingerprint density at radius 3 is 1.92 bits per heavy atom. The summed E-state index contributed by atoms with van der Waals surface area (Å²) >= 11 is 0. The quantitative estimate of drug-likeness (QED) is 0.0777. The molecule has 0 unspecified atom stereocenters. The predicted molar refractivity (Wildman–Crippen MR) is 195 cm³/mol. The number of ether oxygens (including phenoxy) is 5. The summed E-state index contributed by atoms with van der Waals surface area (Å²) in [6, 6.07) is 17.8. The molecular weight excluding hydrogens is 604 g/mol. The van der Waals surface area contributed by atoms with E-state index in [4.69, 9.17) is 28.7 Å². The van der Waals surface area contributed by atoms with Gasteiger partial charge in [-0.05, 0) is 81.8 Å². The summed E-state index contributed by atoms with van der Waals surface area (Å²) in [5, 5.41) is 0. The van der Waals surface area contributed by atoms with Gasteiger partial charge in [-0.2, -0.15) is 0 Å². The Balaban J connectivity index is 1.65. The van der Waals surface area contributed by atoms with Gasteiger partial charge in [0.25, 0.3) is 0 Å². The van der Waals surface area contributed by atoms with E-state index >= 15 is 0 Å². The van der Waals surface area contributed by atoms with Crippen molar-refractivity contribution in [2.75, 3.05) is 66.7 Å². The van der Waals surface area contributed by atoms with Gasteiger partial charge >= 0.3 is 0 Å². The van der Waals surface area contributed by atoms with Crippen LogP contribution in [0.3, 0.4) is 0 Å². The average Bonchev–Trinajstić information content (AvgIpc) is 3.49. The summed E-state index contributed by atoms with van der Waals surface area (Å²) < 4.78 is 32.4. The number of nitrogens with zero attached hydrogens (tertiary/aromatic N) is 4. The van der Waals surface area contributed by atoms with Crippen molar-refractivity contribution in [3.8, 4) is 45.9 Å². The summed E-state index contributed by atoms with van der Waals surface area (Å²) in [5.41, 5.74) is 2.89. The summed E-state index contributed by atoms with van der Waals surface area (Å²) in [5.74, 6) is 4.95. The van der Waals surface area contributed by atoms with E-state index in [0.717, 1.165) is 105 Å². The molecule has 0 radical (unpaired) electrons. The van der Waals surface area contributed by atoms with Gasteiger partial charge in [-0.25, -0.2) is 4.98 Å². The van der Waals surface area contributed by atoms with Crippen molar-refractivity contribution in [1.82, 2.24) is 19.4 Å². The first-order chi connectivity index (χ1) is 23.5. The summed E-state index contributed by atoms with van der Waals surface area (Å²) in [4.78, 5) is 10.1. The number of hydrogen-bond acceptors (Lipinski definition) is 8. The van der Waals surface area contributed by atoms with Crippen LogP contribution >= 0.6 is 0 Å². The highest BCUT2D eigenvalue weighted by atomic mass is 16.5. The number of aromatic nitrogens is 2. The second-order valence-corrected chi connectivity index (χ2v) is 11.8. The van der Waals surface area contributed by atoms with Crippen LogP contribution in [0.4, 0.5) is 0 Å². The summed E-state index contributed by atoms with van der Waals surface area (Å²) in [7, 11) is 3.23. The van der Waals surface area contributed by atoms with E-state index in [1.54, 1.807) is 14.2 Å². The molecule has 9 nitrogen and oxygen atoms in total. The Labute approximate surface area is 287 Å². The van der Waals surface area contributed by atoms with Gasteiger partial charge < -0.3 is 38.1 Å². The van der Waals surface area contributed by atoms with Crippen molar-refractivity contribution in [1.29, 1.82) is 0 Å². The van der Waals surface area contributed by atoms with Gasteiger partial charge in [0, 0.05) is 37.3 Å². The number of imidazole rings is 1. The van der Waals surface area contributed by atoms with Gasteiger partial charge in [0.2, 0.25) is 5.75 Å². The Hall–Kier alpha value is -3.95. The highest BCUT2D eigenvalue weighted by Gasteiger charge is 2.19. The molecule has 0 amide bonds. The maximum absolute atomic E-state index is 6.48. The zero-order valence-corrected chi connectivity index (χ0v) is 30.2. The molecule has 4 rings (SSSR count). The molecule has 0 N–H and O–H groups in total. The van der Waals surface area contributed by atoms with Crippen LogP contribution in [-0.2, 0) is 6.54 Å². The lowest BCUT2D eigenvalue weighted by Crippen LogP contribution is -2.25. The second-order valence-electron chi connectivity index (χ2n) is 11.8. The monoisotopic (exact) mass is 660 g/mol. The number of methoxy groups -OCH3 is 2. The van der Waals surface area contributed by atoms with Crippen LogP contribution in [0.15, 0.2) is 54.6 Å². The smallest absolute Gasteiger partial charge is 0.203 e. The van der Waals surface area contributed by atoms with Gasteiger partial charge in [0.05, 0.1) is 33.0 Å². The van der Waals surface area contributed by atoms with Crippen LogP contribution < -0.4 is 23.7 Å². The van der Waals surface area contributed by atoms with Gasteiger partial charge in [-0.3, -0.25) is 0 Å². The largest absolute Gasteiger partial charge is 0.493 e. The zero-order valence-electron chi connectivity index (χ0n) is 30.2. The van der Waals surface area contributed by atoms with E-state index in [1.807, 2.05) is 36.4 Å². The minimum atomic E-state index is 0.557. The van der Waals surface area contributed by atoms with E-state index in [2.05, 4.69) is 67.2 Å². The minimum Gasteiger partial charge on any atom is -0.493 e. The fourth-order valence-electron chi connectivity index (χ4n) is 5.89. The molecule has 0 saturated heterocycles. The third kappa shape index (κ3) is 9.57. The molecule has 0 bridgehead atoms. The molecule has 0 aliphatic heterocycles. The van der Waals surface area contributed by atoms with Crippen molar-refractivity contribution in [2.24, 2.45) is 0 Å². The number of benzene rings is 3. The Bertz CT molecular complexity index is 1530. The van der Waals surface area contributed by atoms with Crippen LogP contribution in [0.5, 0.6) is 34.5 Å². The number of para-hydroxylation sites is 1. The van der Waals surface area contributed by atoms with Gasteiger partial charge in [0.1, 0.15) is 22.8 Å². The Kier molecular flexibility index (Phi) is 14.7. The van der Waals surface area contributed by atoms with E-state index in [1.165, 1.54) is 0 Å². The van der Waals surface area contributed by atoms with Gasteiger partial charge in [-0.1, -0.05) is 47.1 Å². The molecule has 0 saturated carbocycles. The van der Waals surface area contributed by atoms with Gasteiger partial charge in [-0.15, -0.1) is 0 Å². The van der Waals surface area contributed by atoms with Crippen molar-refractivity contribution in [3.05, 3.63) is 54.6 Å². The zero-order chi connectivity index (χ0) is 34.3. The third-order valence-corrected chi connectivity index (χ3v) is 8.79. The molecule has 9 heteroatoms. The Morgan fingerprint density at radius 2 is 1.31 bits per heavy atom. The topological polar surface area (TPSA) is 70.5 Å². The van der Waals surface area contributed by atoms with Crippen molar-refractivity contribution in [2.45, 2.75) is 66.8 Å². The number of aryl methyl sites for hydroxylation is 1. The number of fused-ring (bicyclic) bond motifs is 1. The van der Waals surface area contributed by atoms with E-state index in [0.29, 0.717) is 36.2 Å². The van der Waals surface area contributed by atoms with E-state index < -0.39 is 0 Å². The highest BCUT2D eigenvalue weighted by molar-refractivity contribution is 5.87. The first kappa shape index (κ1) is 36.9. The maximum Gasteiger partial charge on any atom is 0.203 e. The predicted octanol–water partition coefficient (Wildman–Crippen LogP) is 8.53. The first-order valence-electron chi connectivity index (χ1n) is 17.7. The maximum atomic E-state index is 6.48. The lowest BCUT2D eigenvalue weighted by molar-refractivity contribution is 0.243. The number of rotatable bonds is 22. The Morgan fingerprint density at radius 1 is 0.667 bits per heavy atom. The molecular formula is C39H56N4O5. The standard InChI is InChI=1S/C39H56N4O5/c1-8-13-25-43-33-28-32(46-26-15-23-41(9-2)10-3)29-36(47-27-16-24-42(11-4)12-5)37(33)40-39(43)30-19-21-31(22-20-30)48-35-18-14-17-34(44-6)38(35)45-7/h14,17-22,28-29H,8-13,15-16,23-27H2,1-7H3. The average molecular weight is 661 g/mol. The van der Waals surface area contributed by atoms with Crippen LogP contribution in [0.25, 0.3) is 22.4 Å². The second kappa shape index (κ2) is 19.1. The fourth-order valence-corrected chi connectivity index (χ4v) is 5.89. The van der Waals surface area contributed by atoms with Gasteiger partial charge in [0.15, 0.2) is 17.2 Å². The van der Waals surface area contributed by atoms with Crippen LogP contribution in [-0.4, -0.2) is 86.1 Å². The molecule has 0 spiro atoms. The number of hydrogen-bond donors (Lipinski definition) is 0. The molecule has 0 atom stereocenters. The van der Waals surface area contributed by atoms with Crippen molar-refractivity contribution in [3.63, 3.8) is 0 Å². The number of unbranched alkanes of at least 4 members (excludes halogenated alkanes) is 1. The highest BCUT2D eigenvalue weighted by Crippen LogP contribution is 2.40. The molecule has 1 aromatic heterocycles. The molecule has 262 valence electrons. The molecule has 4 aromatic rings. The molecule has 0 fully saturated rings. The fraction of sp³-hybridized carbons (Fsp3) is 0.513. The lowest BCUT2D eigenvalue weighted by atomic mass is 10.2. The molecule has 48 heavy (non-hydrogen) atoms. The normalized spacial score (nSPS) is 11.4. The van der Waals surface area contributed by atoms with Crippen LogP contribution in [0, 0.1) is 0 Å². The van der Waals surface area contributed by atoms with E-state index in [9.17, 15) is 0 Å². The minimum absolute atomic E-state index is 0.557. The molecule has 1 heterocycles. The van der Waals surface area contributed by atoms with Crippen LogP contribution in [0.2, 0.25) is 0 Å². The third-order valence-electron chi connectivity index (χ3n) is 8.79. The molecule has 0 aliphatic carbocycles. The lowest BCUT2D eigenvalue weighted by Gasteiger charge is -2.18. The molecule has 0 aliphatic rings. The van der Waals surface area contributed by atoms with Crippen molar-refractivity contribution >= 4 is 11.0 Å².